The van der Waals surface area contributed by atoms with Crippen LogP contribution in [0.2, 0.25) is 0 Å². The number of benzene rings is 1. The molecule has 1 aromatic rings. The van der Waals surface area contributed by atoms with E-state index in [0.29, 0.717) is 37.4 Å². The zero-order chi connectivity index (χ0) is 18.0. The standard InChI is InChI=1S/C17H27N3O3S.ClH/c1-13-4-6-15(7-5-13)24(22,23)20-10-8-14(9-11-20)16(21)19-12-17(2,3)18;/h4-7,14H,8-12,18H2,1-3H3,(H,19,21);1H. The Kier molecular flexibility index (Phi) is 7.43. The fourth-order valence-electron chi connectivity index (χ4n) is 2.68. The highest BCUT2D eigenvalue weighted by atomic mass is 35.5. The Balaban J connectivity index is 0.00000312. The molecule has 142 valence electrons. The van der Waals surface area contributed by atoms with E-state index >= 15 is 0 Å². The smallest absolute Gasteiger partial charge is 0.243 e. The van der Waals surface area contributed by atoms with Crippen molar-refractivity contribution in [1.82, 2.24) is 9.62 Å². The van der Waals surface area contributed by atoms with E-state index in [2.05, 4.69) is 5.32 Å². The summed E-state index contributed by atoms with van der Waals surface area (Å²) in [6.07, 6.45) is 1.06. The van der Waals surface area contributed by atoms with Crippen LogP contribution in [0.15, 0.2) is 29.2 Å². The van der Waals surface area contributed by atoms with Crippen LogP contribution in [-0.2, 0) is 14.8 Å². The number of sulfonamides is 1. The summed E-state index contributed by atoms with van der Waals surface area (Å²) in [6.45, 7) is 6.76. The third kappa shape index (κ3) is 5.95. The van der Waals surface area contributed by atoms with E-state index in [-0.39, 0.29) is 24.2 Å². The first-order valence-corrected chi connectivity index (χ1v) is 9.67. The van der Waals surface area contributed by atoms with Crippen molar-refractivity contribution in [1.29, 1.82) is 0 Å². The van der Waals surface area contributed by atoms with E-state index in [1.807, 2.05) is 20.8 Å². The van der Waals surface area contributed by atoms with Crippen molar-refractivity contribution in [2.75, 3.05) is 19.6 Å². The first kappa shape index (κ1) is 21.9. The number of nitrogens with two attached hydrogens (primary N) is 1. The fraction of sp³-hybridized carbons (Fsp3) is 0.588. The van der Waals surface area contributed by atoms with Crippen LogP contribution in [0.5, 0.6) is 0 Å². The molecule has 0 bridgehead atoms. The number of hydrogen-bond acceptors (Lipinski definition) is 4. The maximum atomic E-state index is 12.6. The molecule has 2 rings (SSSR count). The number of nitrogens with zero attached hydrogens (tertiary/aromatic N) is 1. The summed E-state index contributed by atoms with van der Waals surface area (Å²) in [5.74, 6) is -0.197. The average molecular weight is 390 g/mol. The SMILES string of the molecule is Cc1ccc(S(=O)(=O)N2CCC(C(=O)NCC(C)(C)N)CC2)cc1.Cl. The molecule has 1 saturated heterocycles. The van der Waals surface area contributed by atoms with Gasteiger partial charge in [0.1, 0.15) is 0 Å². The van der Waals surface area contributed by atoms with Crippen molar-refractivity contribution in [3.05, 3.63) is 29.8 Å². The van der Waals surface area contributed by atoms with Crippen molar-refractivity contribution < 1.29 is 13.2 Å². The molecule has 0 saturated carbocycles. The van der Waals surface area contributed by atoms with Gasteiger partial charge in [-0.3, -0.25) is 4.79 Å². The molecule has 8 heteroatoms. The van der Waals surface area contributed by atoms with E-state index in [0.717, 1.165) is 5.56 Å². The summed E-state index contributed by atoms with van der Waals surface area (Å²) in [6, 6.07) is 6.85. The first-order valence-electron chi connectivity index (χ1n) is 8.23. The lowest BCUT2D eigenvalue weighted by Gasteiger charge is -2.31. The third-order valence-corrected chi connectivity index (χ3v) is 6.11. The van der Waals surface area contributed by atoms with Gasteiger partial charge in [0.15, 0.2) is 0 Å². The van der Waals surface area contributed by atoms with Crippen LogP contribution in [0, 0.1) is 12.8 Å². The maximum absolute atomic E-state index is 12.6. The first-order chi connectivity index (χ1) is 11.1. The van der Waals surface area contributed by atoms with Crippen molar-refractivity contribution in [2.24, 2.45) is 11.7 Å². The molecule has 6 nitrogen and oxygen atoms in total. The monoisotopic (exact) mass is 389 g/mol. The van der Waals surface area contributed by atoms with Gasteiger partial charge in [-0.25, -0.2) is 8.42 Å². The van der Waals surface area contributed by atoms with Gasteiger partial charge >= 0.3 is 0 Å². The Hall–Kier alpha value is -1.15. The Morgan fingerprint density at radius 1 is 1.24 bits per heavy atom. The van der Waals surface area contributed by atoms with E-state index < -0.39 is 15.6 Å². The Morgan fingerprint density at radius 3 is 2.24 bits per heavy atom. The number of halogens is 1. The van der Waals surface area contributed by atoms with Gasteiger partial charge in [0, 0.05) is 31.1 Å². The maximum Gasteiger partial charge on any atom is 0.243 e. The summed E-state index contributed by atoms with van der Waals surface area (Å²) < 4.78 is 26.7. The molecule has 1 amide bonds. The van der Waals surface area contributed by atoms with Crippen LogP contribution >= 0.6 is 12.4 Å². The second-order valence-electron chi connectivity index (χ2n) is 7.20. The molecule has 1 aliphatic heterocycles. The van der Waals surface area contributed by atoms with Crippen LogP contribution in [0.25, 0.3) is 0 Å². The van der Waals surface area contributed by atoms with Crippen molar-refractivity contribution >= 4 is 28.3 Å². The van der Waals surface area contributed by atoms with Crippen molar-refractivity contribution in [3.8, 4) is 0 Å². The van der Waals surface area contributed by atoms with Gasteiger partial charge in [0.2, 0.25) is 15.9 Å². The van der Waals surface area contributed by atoms with Gasteiger partial charge in [0.05, 0.1) is 4.90 Å². The lowest BCUT2D eigenvalue weighted by molar-refractivity contribution is -0.126. The normalized spacial score (nSPS) is 17.0. The Labute approximate surface area is 156 Å². The van der Waals surface area contributed by atoms with Gasteiger partial charge < -0.3 is 11.1 Å². The summed E-state index contributed by atoms with van der Waals surface area (Å²) in [4.78, 5) is 12.5. The molecule has 1 fully saturated rings. The Bertz CT molecular complexity index is 676. The molecule has 0 aromatic heterocycles. The van der Waals surface area contributed by atoms with Crippen LogP contribution < -0.4 is 11.1 Å². The molecule has 0 atom stereocenters. The van der Waals surface area contributed by atoms with Crippen LogP contribution in [0.3, 0.4) is 0 Å². The summed E-state index contributed by atoms with van der Waals surface area (Å²) in [5.41, 5.74) is 6.43. The molecule has 25 heavy (non-hydrogen) atoms. The van der Waals surface area contributed by atoms with Gasteiger partial charge in [-0.1, -0.05) is 17.7 Å². The largest absolute Gasteiger partial charge is 0.354 e. The number of rotatable bonds is 5. The van der Waals surface area contributed by atoms with E-state index in [4.69, 9.17) is 5.73 Å². The predicted molar refractivity (Wildman–Crippen MR) is 101 cm³/mol. The summed E-state index contributed by atoms with van der Waals surface area (Å²) in [7, 11) is -3.48. The van der Waals surface area contributed by atoms with E-state index in [1.165, 1.54) is 4.31 Å². The van der Waals surface area contributed by atoms with Gasteiger partial charge in [0.25, 0.3) is 0 Å². The lowest BCUT2D eigenvalue weighted by atomic mass is 9.96. The summed E-state index contributed by atoms with van der Waals surface area (Å²) >= 11 is 0. The van der Waals surface area contributed by atoms with Gasteiger partial charge in [-0.2, -0.15) is 4.31 Å². The molecule has 1 aliphatic rings. The Morgan fingerprint density at radius 2 is 1.76 bits per heavy atom. The van der Waals surface area contributed by atoms with Gasteiger partial charge in [-0.15, -0.1) is 12.4 Å². The highest BCUT2D eigenvalue weighted by molar-refractivity contribution is 7.89. The second kappa shape index (κ2) is 8.49. The number of carbonyl (C=O) groups is 1. The van der Waals surface area contributed by atoms with Crippen molar-refractivity contribution in [2.45, 2.75) is 44.0 Å². The number of piperidine rings is 1. The van der Waals surface area contributed by atoms with Crippen LogP contribution in [0.4, 0.5) is 0 Å². The van der Waals surface area contributed by atoms with E-state index in [9.17, 15) is 13.2 Å². The van der Waals surface area contributed by atoms with Crippen LogP contribution in [-0.4, -0.2) is 43.8 Å². The second-order valence-corrected chi connectivity index (χ2v) is 9.14. The molecule has 3 N–H and O–H groups in total. The minimum atomic E-state index is -3.48. The number of carbonyl (C=O) groups excluding carboxylic acids is 1. The molecule has 0 unspecified atom stereocenters. The minimum absolute atomic E-state index is 0. The molecular formula is C17H28ClN3O3S. The molecule has 0 aliphatic carbocycles. The third-order valence-electron chi connectivity index (χ3n) is 4.20. The van der Waals surface area contributed by atoms with Gasteiger partial charge in [-0.05, 0) is 45.7 Å². The predicted octanol–water partition coefficient (Wildman–Crippen LogP) is 1.67. The highest BCUT2D eigenvalue weighted by Crippen LogP contribution is 2.24. The topological polar surface area (TPSA) is 92.5 Å². The molecule has 0 radical (unpaired) electrons. The van der Waals surface area contributed by atoms with Crippen LogP contribution in [0.1, 0.15) is 32.3 Å². The van der Waals surface area contributed by atoms with Crippen molar-refractivity contribution in [3.63, 3.8) is 0 Å². The molecule has 1 heterocycles. The fourth-order valence-corrected chi connectivity index (χ4v) is 4.15. The number of amides is 1. The molecular weight excluding hydrogens is 362 g/mol. The average Bonchev–Trinajstić information content (AvgIpc) is 2.52. The molecule has 1 aromatic carbocycles. The number of aryl methyl sites for hydroxylation is 1. The minimum Gasteiger partial charge on any atom is -0.354 e. The zero-order valence-corrected chi connectivity index (χ0v) is 16.6. The summed E-state index contributed by atoms with van der Waals surface area (Å²) in [5, 5.41) is 2.85. The van der Waals surface area contributed by atoms with E-state index in [1.54, 1.807) is 24.3 Å². The molecule has 0 spiro atoms. The zero-order valence-electron chi connectivity index (χ0n) is 15.0. The lowest BCUT2D eigenvalue weighted by Crippen LogP contribution is -2.48. The number of nitrogens with one attached hydrogen (secondary N) is 1. The quantitative estimate of drug-likeness (QED) is 0.801. The highest BCUT2D eigenvalue weighted by Gasteiger charge is 2.32. The number of hydrogen-bond donors (Lipinski definition) is 2.